The second kappa shape index (κ2) is 11.1. The molecule has 1 aliphatic carbocycles. The number of nitrogens with one attached hydrogen (secondary N) is 1. The Morgan fingerprint density at radius 1 is 1.18 bits per heavy atom. The first-order chi connectivity index (χ1) is 19.2. The summed E-state index contributed by atoms with van der Waals surface area (Å²) in [5, 5.41) is 13.0. The van der Waals surface area contributed by atoms with Gasteiger partial charge in [-0.05, 0) is 59.7 Å². The average Bonchev–Trinajstić information content (AvgIpc) is 3.71. The number of aromatic carboxylic acids is 1. The number of hydrogen-bond donors (Lipinski definition) is 4. The summed E-state index contributed by atoms with van der Waals surface area (Å²) in [7, 11) is 1.34. The zero-order valence-electron chi connectivity index (χ0n) is 21.8. The van der Waals surface area contributed by atoms with Gasteiger partial charge in [0.25, 0.3) is 5.91 Å². The highest BCUT2D eigenvalue weighted by atomic mass is 19.1. The number of benzene rings is 2. The van der Waals surface area contributed by atoms with Crippen molar-refractivity contribution in [3.63, 3.8) is 0 Å². The summed E-state index contributed by atoms with van der Waals surface area (Å²) in [4.78, 5) is 28.5. The van der Waals surface area contributed by atoms with Crippen LogP contribution in [0.3, 0.4) is 0 Å². The number of nitrogens with zero attached hydrogens (tertiary/aromatic N) is 3. The van der Waals surface area contributed by atoms with Crippen LogP contribution < -0.4 is 21.6 Å². The number of amides is 1. The summed E-state index contributed by atoms with van der Waals surface area (Å²) >= 11 is 0. The number of hydrogen-bond acceptors (Lipinski definition) is 7. The monoisotopic (exact) mass is 544 g/mol. The SMILES string of the molecule is COc1ccc(-c2ccc(C(=O)O)cc2)c(CNC(=O)/C(N)=C/N(N)Cc2cn3cc(C4CC4)ccc3n2)c1F. The van der Waals surface area contributed by atoms with Crippen molar-refractivity contribution in [1.29, 1.82) is 0 Å². The number of carboxylic acids is 1. The van der Waals surface area contributed by atoms with Gasteiger partial charge in [-0.3, -0.25) is 4.79 Å². The lowest BCUT2D eigenvalue weighted by Crippen LogP contribution is -2.32. The van der Waals surface area contributed by atoms with Gasteiger partial charge in [-0.1, -0.05) is 24.3 Å². The molecule has 11 heteroatoms. The first kappa shape index (κ1) is 26.7. The maximum Gasteiger partial charge on any atom is 0.335 e. The molecule has 4 aromatic rings. The fourth-order valence-electron chi connectivity index (χ4n) is 4.53. The van der Waals surface area contributed by atoms with Crippen LogP contribution in [-0.2, 0) is 17.9 Å². The van der Waals surface area contributed by atoms with Gasteiger partial charge in [-0.25, -0.2) is 20.0 Å². The fraction of sp³-hybridized carbons (Fsp3) is 0.207. The number of fused-ring (bicyclic) bond motifs is 1. The Morgan fingerprint density at radius 3 is 2.60 bits per heavy atom. The molecule has 1 aliphatic rings. The fourth-order valence-corrected chi connectivity index (χ4v) is 4.53. The van der Waals surface area contributed by atoms with Gasteiger partial charge >= 0.3 is 5.97 Å². The molecule has 1 amide bonds. The third-order valence-electron chi connectivity index (χ3n) is 6.78. The molecule has 10 nitrogen and oxygen atoms in total. The number of rotatable bonds is 10. The van der Waals surface area contributed by atoms with Crippen LogP contribution in [0.1, 0.15) is 45.9 Å². The molecular formula is C29H29FN6O4. The van der Waals surface area contributed by atoms with Crippen molar-refractivity contribution in [1.82, 2.24) is 19.7 Å². The molecule has 0 unspecified atom stereocenters. The van der Waals surface area contributed by atoms with Crippen LogP contribution in [0.2, 0.25) is 0 Å². The average molecular weight is 545 g/mol. The first-order valence-corrected chi connectivity index (χ1v) is 12.7. The van der Waals surface area contributed by atoms with Crippen molar-refractivity contribution >= 4 is 17.5 Å². The molecule has 0 aliphatic heterocycles. The largest absolute Gasteiger partial charge is 0.494 e. The maximum atomic E-state index is 15.2. The highest BCUT2D eigenvalue weighted by Gasteiger charge is 2.24. The van der Waals surface area contributed by atoms with E-state index in [0.717, 1.165) is 5.65 Å². The lowest BCUT2D eigenvalue weighted by Gasteiger charge is -2.16. The number of halogens is 1. The minimum atomic E-state index is -1.07. The zero-order valence-corrected chi connectivity index (χ0v) is 21.8. The van der Waals surface area contributed by atoms with Gasteiger partial charge in [-0.2, -0.15) is 0 Å². The molecule has 40 heavy (non-hydrogen) atoms. The van der Waals surface area contributed by atoms with E-state index < -0.39 is 17.7 Å². The van der Waals surface area contributed by atoms with Gasteiger partial charge in [0.05, 0.1) is 24.9 Å². The summed E-state index contributed by atoms with van der Waals surface area (Å²) in [6, 6.07) is 13.2. The van der Waals surface area contributed by atoms with E-state index >= 15 is 4.39 Å². The molecule has 1 saturated carbocycles. The molecule has 1 fully saturated rings. The highest BCUT2D eigenvalue weighted by Crippen LogP contribution is 2.40. The molecule has 0 saturated heterocycles. The normalized spacial score (nSPS) is 13.3. The Morgan fingerprint density at radius 2 is 1.93 bits per heavy atom. The van der Waals surface area contributed by atoms with Crippen molar-refractivity contribution in [3.05, 3.63) is 101 Å². The van der Waals surface area contributed by atoms with E-state index in [1.54, 1.807) is 18.2 Å². The van der Waals surface area contributed by atoms with Crippen LogP contribution in [0, 0.1) is 5.82 Å². The van der Waals surface area contributed by atoms with E-state index in [4.69, 9.17) is 21.4 Å². The van der Waals surface area contributed by atoms with Crippen molar-refractivity contribution < 1.29 is 23.8 Å². The molecule has 6 N–H and O–H groups in total. The number of hydrazine groups is 1. The van der Waals surface area contributed by atoms with Gasteiger partial charge in [0.1, 0.15) is 11.3 Å². The number of aromatic nitrogens is 2. The van der Waals surface area contributed by atoms with Crippen LogP contribution in [0.5, 0.6) is 5.75 Å². The van der Waals surface area contributed by atoms with Crippen LogP contribution in [0.25, 0.3) is 16.8 Å². The standard InChI is InChI=1S/C29H29FN6O4/c1-40-25-10-9-22(18-4-6-19(7-5-18)29(38)39)23(27(25)30)12-33-28(37)24(31)16-36(32)15-21-14-35-13-20(17-2-3-17)8-11-26(35)34-21/h4-11,13-14,16-17H,2-3,12,15,31-32H2,1H3,(H,33,37)(H,38,39)/b24-16-. The van der Waals surface area contributed by atoms with Crippen LogP contribution in [0.15, 0.2) is 72.8 Å². The highest BCUT2D eigenvalue weighted by molar-refractivity contribution is 5.92. The minimum absolute atomic E-state index is 0.00325. The molecule has 2 aromatic carbocycles. The third-order valence-corrected chi connectivity index (χ3v) is 6.78. The van der Waals surface area contributed by atoms with Gasteiger partial charge in [-0.15, -0.1) is 0 Å². The Kier molecular flexibility index (Phi) is 7.39. The molecule has 0 spiro atoms. The third kappa shape index (κ3) is 5.74. The van der Waals surface area contributed by atoms with E-state index in [9.17, 15) is 9.59 Å². The number of carbonyl (C=O) groups excluding carboxylic acids is 1. The topological polar surface area (TPSA) is 148 Å². The molecule has 0 radical (unpaired) electrons. The quantitative estimate of drug-likeness (QED) is 0.135. The Bertz CT molecular complexity index is 1610. The summed E-state index contributed by atoms with van der Waals surface area (Å²) in [6.07, 6.45) is 7.68. The smallest absolute Gasteiger partial charge is 0.335 e. The molecule has 0 bridgehead atoms. The van der Waals surface area contributed by atoms with E-state index in [2.05, 4.69) is 22.6 Å². The molecule has 5 rings (SSSR count). The number of methoxy groups -OCH3 is 1. The lowest BCUT2D eigenvalue weighted by molar-refractivity contribution is -0.117. The van der Waals surface area contributed by atoms with E-state index in [-0.39, 0.29) is 35.7 Å². The van der Waals surface area contributed by atoms with Crippen LogP contribution in [-0.4, -0.2) is 38.5 Å². The summed E-state index contributed by atoms with van der Waals surface area (Å²) in [5.74, 6) is 4.35. The lowest BCUT2D eigenvalue weighted by atomic mass is 9.97. The minimum Gasteiger partial charge on any atom is -0.494 e. The molecule has 2 heterocycles. The Labute approximate surface area is 229 Å². The predicted molar refractivity (Wildman–Crippen MR) is 146 cm³/mol. The summed E-state index contributed by atoms with van der Waals surface area (Å²) in [6.45, 7) is 0.0160. The number of carboxylic acid groups (broad SMARTS) is 1. The van der Waals surface area contributed by atoms with Gasteiger partial charge < -0.3 is 30.3 Å². The molecule has 206 valence electrons. The zero-order chi connectivity index (χ0) is 28.4. The second-order valence-electron chi connectivity index (χ2n) is 9.66. The van der Waals surface area contributed by atoms with Crippen LogP contribution >= 0.6 is 0 Å². The number of imidazole rings is 1. The predicted octanol–water partition coefficient (Wildman–Crippen LogP) is 3.52. The summed E-state index contributed by atoms with van der Waals surface area (Å²) < 4.78 is 22.3. The molecular weight excluding hydrogens is 515 g/mol. The Balaban J connectivity index is 1.27. The molecule has 0 atom stereocenters. The maximum absolute atomic E-state index is 15.2. The van der Waals surface area contributed by atoms with E-state index in [1.165, 1.54) is 54.9 Å². The van der Waals surface area contributed by atoms with Crippen molar-refractivity contribution in [2.45, 2.75) is 31.8 Å². The van der Waals surface area contributed by atoms with E-state index in [1.807, 2.05) is 16.7 Å². The van der Waals surface area contributed by atoms with Crippen molar-refractivity contribution in [3.8, 4) is 16.9 Å². The van der Waals surface area contributed by atoms with Gasteiger partial charge in [0.15, 0.2) is 11.6 Å². The van der Waals surface area contributed by atoms with Gasteiger partial charge in [0.2, 0.25) is 0 Å². The summed E-state index contributed by atoms with van der Waals surface area (Å²) in [5.41, 5.74) is 9.91. The van der Waals surface area contributed by atoms with Crippen molar-refractivity contribution in [2.24, 2.45) is 11.6 Å². The first-order valence-electron chi connectivity index (χ1n) is 12.7. The number of carbonyl (C=O) groups is 2. The van der Waals surface area contributed by atoms with E-state index in [0.29, 0.717) is 22.7 Å². The number of nitrogens with two attached hydrogens (primary N) is 2. The van der Waals surface area contributed by atoms with Crippen molar-refractivity contribution in [2.75, 3.05) is 7.11 Å². The van der Waals surface area contributed by atoms with Gasteiger partial charge in [0, 0.05) is 30.7 Å². The number of pyridine rings is 1. The van der Waals surface area contributed by atoms with Crippen LogP contribution in [0.4, 0.5) is 4.39 Å². The molecule has 2 aromatic heterocycles. The second-order valence-corrected chi connectivity index (χ2v) is 9.66. The Hall–Kier alpha value is -4.90. The number of ether oxygens (including phenoxy) is 1.